The first-order chi connectivity index (χ1) is 13.0. The number of fused-ring (bicyclic) bond motifs is 1. The molecule has 27 heavy (non-hydrogen) atoms. The Morgan fingerprint density at radius 3 is 2.63 bits per heavy atom. The van der Waals surface area contributed by atoms with Crippen molar-refractivity contribution in [1.82, 2.24) is 9.88 Å². The second-order valence-corrected chi connectivity index (χ2v) is 8.03. The van der Waals surface area contributed by atoms with Gasteiger partial charge in [0.1, 0.15) is 12.5 Å². The number of hydrogen-bond donors (Lipinski definition) is 0. The second-order valence-electron chi connectivity index (χ2n) is 8.03. The Labute approximate surface area is 161 Å². The SMILES string of the molecule is Cc1ccc(Cc2cc3c(c(C)c2C)OCN(C2CCCC2)CC3=O)cn1. The number of pyridine rings is 1. The number of carbonyl (C=O) groups excluding carboxylic acids is 1. The number of hydrogen-bond acceptors (Lipinski definition) is 4. The van der Waals surface area contributed by atoms with Crippen LogP contribution in [0.25, 0.3) is 0 Å². The summed E-state index contributed by atoms with van der Waals surface area (Å²) in [5.41, 5.74) is 6.40. The first-order valence-electron chi connectivity index (χ1n) is 9.97. The van der Waals surface area contributed by atoms with E-state index in [-0.39, 0.29) is 5.78 Å². The zero-order valence-corrected chi connectivity index (χ0v) is 16.5. The van der Waals surface area contributed by atoms with E-state index in [4.69, 9.17) is 4.74 Å². The van der Waals surface area contributed by atoms with Crippen molar-refractivity contribution in [3.63, 3.8) is 0 Å². The van der Waals surface area contributed by atoms with Crippen LogP contribution in [-0.2, 0) is 6.42 Å². The molecule has 142 valence electrons. The first-order valence-corrected chi connectivity index (χ1v) is 9.97. The molecule has 1 fully saturated rings. The normalized spacial score (nSPS) is 18.3. The second kappa shape index (κ2) is 7.43. The molecule has 1 saturated carbocycles. The lowest BCUT2D eigenvalue weighted by Gasteiger charge is -2.25. The highest BCUT2D eigenvalue weighted by molar-refractivity contribution is 6.01. The van der Waals surface area contributed by atoms with Gasteiger partial charge >= 0.3 is 0 Å². The lowest BCUT2D eigenvalue weighted by molar-refractivity contribution is 0.0748. The average molecular weight is 364 g/mol. The third kappa shape index (κ3) is 3.63. The van der Waals surface area contributed by atoms with E-state index in [1.165, 1.54) is 36.8 Å². The third-order valence-electron chi connectivity index (χ3n) is 6.18. The van der Waals surface area contributed by atoms with Gasteiger partial charge in [-0.2, -0.15) is 0 Å². The molecule has 2 heterocycles. The lowest BCUT2D eigenvalue weighted by atomic mass is 9.92. The van der Waals surface area contributed by atoms with Gasteiger partial charge in [0.2, 0.25) is 0 Å². The average Bonchev–Trinajstić information content (AvgIpc) is 3.14. The molecule has 0 saturated heterocycles. The molecule has 0 radical (unpaired) electrons. The van der Waals surface area contributed by atoms with Crippen molar-refractivity contribution < 1.29 is 9.53 Å². The van der Waals surface area contributed by atoms with Gasteiger partial charge in [-0.25, -0.2) is 0 Å². The fraction of sp³-hybridized carbons (Fsp3) is 0.478. The summed E-state index contributed by atoms with van der Waals surface area (Å²) in [5.74, 6) is 0.963. The highest BCUT2D eigenvalue weighted by atomic mass is 16.5. The van der Waals surface area contributed by atoms with Gasteiger partial charge in [-0.15, -0.1) is 0 Å². The van der Waals surface area contributed by atoms with Gasteiger partial charge in [-0.05, 0) is 74.4 Å². The summed E-state index contributed by atoms with van der Waals surface area (Å²) in [6.07, 6.45) is 7.58. The standard InChI is InChI=1S/C23H28N2O2/c1-15-8-9-18(12-24-15)10-19-11-21-22(26)13-25(20-6-4-5-7-20)14-27-23(21)17(3)16(19)2/h8-9,11-12,20H,4-7,10,13-14H2,1-3H3. The van der Waals surface area contributed by atoms with Crippen molar-refractivity contribution in [2.75, 3.05) is 13.3 Å². The Bertz CT molecular complexity index is 852. The number of benzene rings is 1. The van der Waals surface area contributed by atoms with Crippen LogP contribution in [0, 0.1) is 20.8 Å². The molecular weight excluding hydrogens is 336 g/mol. The summed E-state index contributed by atoms with van der Waals surface area (Å²) in [7, 11) is 0. The van der Waals surface area contributed by atoms with Crippen molar-refractivity contribution in [2.24, 2.45) is 0 Å². The predicted octanol–water partition coefficient (Wildman–Crippen LogP) is 4.37. The van der Waals surface area contributed by atoms with Gasteiger partial charge < -0.3 is 4.74 Å². The number of aryl methyl sites for hydroxylation is 1. The van der Waals surface area contributed by atoms with Gasteiger partial charge in [0.05, 0.1) is 12.1 Å². The highest BCUT2D eigenvalue weighted by Gasteiger charge is 2.30. The number of rotatable bonds is 3. The van der Waals surface area contributed by atoms with E-state index in [0.29, 0.717) is 19.3 Å². The summed E-state index contributed by atoms with van der Waals surface area (Å²) >= 11 is 0. The topological polar surface area (TPSA) is 42.4 Å². The summed E-state index contributed by atoms with van der Waals surface area (Å²) in [6.45, 7) is 7.17. The fourth-order valence-electron chi connectivity index (χ4n) is 4.33. The van der Waals surface area contributed by atoms with Crippen LogP contribution in [0.2, 0.25) is 0 Å². The molecule has 1 aliphatic carbocycles. The van der Waals surface area contributed by atoms with E-state index in [0.717, 1.165) is 34.6 Å². The van der Waals surface area contributed by atoms with E-state index in [1.54, 1.807) is 0 Å². The Kier molecular flexibility index (Phi) is 5.00. The van der Waals surface area contributed by atoms with Gasteiger partial charge in [-0.3, -0.25) is 14.7 Å². The maximum Gasteiger partial charge on any atom is 0.180 e. The molecule has 0 unspecified atom stereocenters. The van der Waals surface area contributed by atoms with Crippen molar-refractivity contribution in [3.8, 4) is 5.75 Å². The first kappa shape index (κ1) is 18.2. The van der Waals surface area contributed by atoms with Crippen LogP contribution in [0.15, 0.2) is 24.4 Å². The summed E-state index contributed by atoms with van der Waals surface area (Å²) in [6, 6.07) is 6.69. The minimum Gasteiger partial charge on any atom is -0.477 e. The number of Topliss-reactive ketones (excluding diaryl/α,β-unsaturated/α-hetero) is 1. The molecule has 4 rings (SSSR count). The van der Waals surface area contributed by atoms with E-state index in [1.807, 2.05) is 19.2 Å². The van der Waals surface area contributed by atoms with E-state index in [2.05, 4.69) is 35.9 Å². The molecule has 1 aromatic heterocycles. The molecule has 0 atom stereocenters. The Balaban J connectivity index is 1.64. The quantitative estimate of drug-likeness (QED) is 0.811. The zero-order valence-electron chi connectivity index (χ0n) is 16.5. The van der Waals surface area contributed by atoms with Crippen LogP contribution in [0.5, 0.6) is 5.75 Å². The van der Waals surface area contributed by atoms with Gasteiger partial charge in [0, 0.05) is 17.9 Å². The predicted molar refractivity (Wildman–Crippen MR) is 106 cm³/mol. The van der Waals surface area contributed by atoms with Crippen molar-refractivity contribution in [3.05, 3.63) is 57.9 Å². The van der Waals surface area contributed by atoms with Gasteiger partial charge in [0.25, 0.3) is 0 Å². The van der Waals surface area contributed by atoms with Crippen LogP contribution in [-0.4, -0.2) is 35.0 Å². The van der Waals surface area contributed by atoms with Crippen molar-refractivity contribution in [1.29, 1.82) is 0 Å². The highest BCUT2D eigenvalue weighted by Crippen LogP contribution is 2.34. The monoisotopic (exact) mass is 364 g/mol. The van der Waals surface area contributed by atoms with E-state index < -0.39 is 0 Å². The third-order valence-corrected chi connectivity index (χ3v) is 6.18. The number of nitrogens with zero attached hydrogens (tertiary/aromatic N) is 2. The van der Waals surface area contributed by atoms with Crippen LogP contribution >= 0.6 is 0 Å². The summed E-state index contributed by atoms with van der Waals surface area (Å²) in [4.78, 5) is 19.7. The summed E-state index contributed by atoms with van der Waals surface area (Å²) < 4.78 is 6.17. The van der Waals surface area contributed by atoms with Gasteiger partial charge in [-0.1, -0.05) is 18.9 Å². The molecule has 0 spiro atoms. The zero-order chi connectivity index (χ0) is 19.0. The van der Waals surface area contributed by atoms with Crippen molar-refractivity contribution >= 4 is 5.78 Å². The van der Waals surface area contributed by atoms with Crippen LogP contribution < -0.4 is 4.74 Å². The summed E-state index contributed by atoms with van der Waals surface area (Å²) in [5, 5.41) is 0. The molecule has 1 aliphatic heterocycles. The fourth-order valence-corrected chi connectivity index (χ4v) is 4.33. The number of aromatic nitrogens is 1. The van der Waals surface area contributed by atoms with Crippen LogP contribution in [0.1, 0.15) is 64.0 Å². The minimum absolute atomic E-state index is 0.181. The van der Waals surface area contributed by atoms with Crippen LogP contribution in [0.4, 0.5) is 0 Å². The molecule has 2 aliphatic rings. The lowest BCUT2D eigenvalue weighted by Crippen LogP contribution is -2.38. The number of ether oxygens (including phenoxy) is 1. The molecule has 4 heteroatoms. The molecular formula is C23H28N2O2. The molecule has 0 N–H and O–H groups in total. The maximum absolute atomic E-state index is 13.1. The van der Waals surface area contributed by atoms with E-state index >= 15 is 0 Å². The Morgan fingerprint density at radius 2 is 1.93 bits per heavy atom. The molecule has 4 nitrogen and oxygen atoms in total. The Morgan fingerprint density at radius 1 is 1.15 bits per heavy atom. The minimum atomic E-state index is 0.181. The molecule has 0 bridgehead atoms. The smallest absolute Gasteiger partial charge is 0.180 e. The largest absolute Gasteiger partial charge is 0.477 e. The molecule has 0 amide bonds. The molecule has 1 aromatic carbocycles. The van der Waals surface area contributed by atoms with Gasteiger partial charge in [0.15, 0.2) is 5.78 Å². The van der Waals surface area contributed by atoms with Crippen LogP contribution in [0.3, 0.4) is 0 Å². The van der Waals surface area contributed by atoms with Crippen molar-refractivity contribution in [2.45, 2.75) is 58.9 Å². The number of ketones is 1. The Hall–Kier alpha value is -2.20. The number of carbonyl (C=O) groups is 1. The maximum atomic E-state index is 13.1. The van der Waals surface area contributed by atoms with E-state index in [9.17, 15) is 4.79 Å². The molecule has 2 aromatic rings.